The third kappa shape index (κ3) is 2.97. The molecule has 1 aromatic rings. The molecular weight excluding hydrogens is 294 g/mol. The van der Waals surface area contributed by atoms with Gasteiger partial charge < -0.3 is 9.26 Å². The van der Waals surface area contributed by atoms with E-state index in [1.54, 1.807) is 18.2 Å². The first-order valence-corrected chi connectivity index (χ1v) is 8.95. The van der Waals surface area contributed by atoms with Gasteiger partial charge >= 0.3 is 0 Å². The van der Waals surface area contributed by atoms with Crippen LogP contribution in [0.4, 0.5) is 0 Å². The largest absolute Gasteiger partial charge is 0.381 e. The average Bonchev–Trinajstić information content (AvgIpc) is 3.06. The zero-order valence-electron chi connectivity index (χ0n) is 12.4. The Morgan fingerprint density at radius 2 is 2.14 bits per heavy atom. The minimum absolute atomic E-state index is 0.154. The number of fused-ring (bicyclic) bond motifs is 1. The number of ether oxygens (including phenoxy) is 1. The van der Waals surface area contributed by atoms with Crippen molar-refractivity contribution in [3.05, 3.63) is 11.7 Å². The molecule has 3 rings (SSSR count). The zero-order chi connectivity index (χ0) is 15.0. The van der Waals surface area contributed by atoms with E-state index < -0.39 is 10.0 Å². The van der Waals surface area contributed by atoms with Crippen LogP contribution in [0.1, 0.15) is 18.6 Å². The lowest BCUT2D eigenvalue weighted by atomic mass is 9.81. The van der Waals surface area contributed by atoms with Crippen molar-refractivity contribution in [3.63, 3.8) is 0 Å². The minimum atomic E-state index is -3.12. The third-order valence-electron chi connectivity index (χ3n) is 4.49. The lowest BCUT2D eigenvalue weighted by Crippen LogP contribution is -2.36. The Labute approximate surface area is 124 Å². The maximum Gasteiger partial charge on any atom is 0.227 e. The number of aromatic nitrogens is 2. The molecule has 0 aliphatic carbocycles. The highest BCUT2D eigenvalue weighted by Gasteiger charge is 2.44. The fourth-order valence-electron chi connectivity index (χ4n) is 3.33. The molecule has 0 radical (unpaired) electrons. The highest BCUT2D eigenvalue weighted by atomic mass is 32.2. The van der Waals surface area contributed by atoms with E-state index >= 15 is 0 Å². The van der Waals surface area contributed by atoms with Gasteiger partial charge in [0.1, 0.15) is 0 Å². The molecule has 0 spiro atoms. The number of sulfonamides is 1. The van der Waals surface area contributed by atoms with E-state index in [2.05, 4.69) is 10.1 Å². The number of hydrogen-bond acceptors (Lipinski definition) is 6. The van der Waals surface area contributed by atoms with Gasteiger partial charge in [0.05, 0.1) is 19.0 Å². The van der Waals surface area contributed by atoms with E-state index in [0.29, 0.717) is 50.4 Å². The van der Waals surface area contributed by atoms with Crippen molar-refractivity contribution in [2.75, 3.05) is 32.1 Å². The van der Waals surface area contributed by atoms with Crippen molar-refractivity contribution in [3.8, 4) is 0 Å². The number of rotatable bonds is 4. The molecule has 21 heavy (non-hydrogen) atoms. The van der Waals surface area contributed by atoms with Gasteiger partial charge in [0.15, 0.2) is 5.82 Å². The van der Waals surface area contributed by atoms with Crippen LogP contribution in [-0.2, 0) is 21.2 Å². The highest BCUT2D eigenvalue weighted by Crippen LogP contribution is 2.36. The Morgan fingerprint density at radius 3 is 2.81 bits per heavy atom. The number of nitrogens with zero attached hydrogens (tertiary/aromatic N) is 3. The van der Waals surface area contributed by atoms with Crippen molar-refractivity contribution >= 4 is 10.0 Å². The molecule has 1 aromatic heterocycles. The summed E-state index contributed by atoms with van der Waals surface area (Å²) in [6, 6.07) is 0. The van der Waals surface area contributed by atoms with E-state index in [1.165, 1.54) is 0 Å². The van der Waals surface area contributed by atoms with Crippen LogP contribution in [0, 0.1) is 24.7 Å². The molecule has 2 saturated heterocycles. The first kappa shape index (κ1) is 14.9. The topological polar surface area (TPSA) is 85.5 Å². The first-order chi connectivity index (χ1) is 9.99. The lowest BCUT2D eigenvalue weighted by molar-refractivity contribution is -0.0110. The first-order valence-electron chi connectivity index (χ1n) is 7.34. The van der Waals surface area contributed by atoms with Crippen molar-refractivity contribution in [2.45, 2.75) is 20.3 Å². The summed E-state index contributed by atoms with van der Waals surface area (Å²) in [4.78, 5) is 4.24. The molecule has 0 amide bonds. The van der Waals surface area contributed by atoms with E-state index in [4.69, 9.17) is 9.26 Å². The quantitative estimate of drug-likeness (QED) is 0.802. The second kappa shape index (κ2) is 5.66. The molecule has 3 heterocycles. The normalized spacial score (nSPS) is 30.5. The Hall–Kier alpha value is -0.990. The second-order valence-electron chi connectivity index (χ2n) is 5.88. The Bertz CT molecular complexity index is 600. The smallest absolute Gasteiger partial charge is 0.227 e. The molecule has 0 N–H and O–H groups in total. The van der Waals surface area contributed by atoms with Crippen molar-refractivity contribution < 1.29 is 17.7 Å². The minimum Gasteiger partial charge on any atom is -0.381 e. The van der Waals surface area contributed by atoms with Crippen LogP contribution in [0.3, 0.4) is 0 Å². The summed E-state index contributed by atoms with van der Waals surface area (Å²) in [5, 5.41) is 3.80. The van der Waals surface area contributed by atoms with Gasteiger partial charge in [-0.25, -0.2) is 12.7 Å². The number of aryl methyl sites for hydroxylation is 1. The third-order valence-corrected chi connectivity index (χ3v) is 6.31. The molecule has 0 aromatic carbocycles. The molecule has 7 nitrogen and oxygen atoms in total. The van der Waals surface area contributed by atoms with Crippen molar-refractivity contribution in [1.29, 1.82) is 0 Å². The molecule has 118 valence electrons. The van der Waals surface area contributed by atoms with Crippen LogP contribution in [-0.4, -0.2) is 54.9 Å². The average molecular weight is 315 g/mol. The fourth-order valence-corrected chi connectivity index (χ4v) is 4.51. The lowest BCUT2D eigenvalue weighted by Gasteiger charge is -2.32. The van der Waals surface area contributed by atoms with Gasteiger partial charge in [-0.3, -0.25) is 0 Å². The van der Waals surface area contributed by atoms with Crippen molar-refractivity contribution in [1.82, 2.24) is 14.4 Å². The van der Waals surface area contributed by atoms with Gasteiger partial charge in [-0.2, -0.15) is 4.98 Å². The molecule has 8 heteroatoms. The predicted molar refractivity (Wildman–Crippen MR) is 75.1 cm³/mol. The molecule has 0 bridgehead atoms. The standard InChI is InChI=1S/C13H21N3O4S/c1-3-21(17,18)16-5-11-8-19-7-10(12(11)6-16)4-13-14-9(2)15-20-13/h10-12H,3-8H2,1-2H3/t10-,11-,12+/m1/s1. The van der Waals surface area contributed by atoms with Crippen LogP contribution in [0.25, 0.3) is 0 Å². The van der Waals surface area contributed by atoms with Gasteiger partial charge in [-0.1, -0.05) is 5.16 Å². The summed E-state index contributed by atoms with van der Waals surface area (Å²) in [7, 11) is -3.12. The fraction of sp³-hybridized carbons (Fsp3) is 0.846. The molecule has 2 fully saturated rings. The SMILES string of the molecule is CCS(=O)(=O)N1C[C@@H]2COC[C@@H](Cc3nc(C)no3)[C@@H]2C1. The zero-order valence-corrected chi connectivity index (χ0v) is 13.2. The van der Waals surface area contributed by atoms with Gasteiger partial charge in [0.2, 0.25) is 15.9 Å². The molecular formula is C13H21N3O4S. The van der Waals surface area contributed by atoms with Gasteiger partial charge in [0, 0.05) is 25.4 Å². The van der Waals surface area contributed by atoms with Crippen LogP contribution in [0.2, 0.25) is 0 Å². The van der Waals surface area contributed by atoms with Crippen LogP contribution in [0.15, 0.2) is 4.52 Å². The summed E-state index contributed by atoms with van der Waals surface area (Å²) in [6.45, 7) is 5.90. The van der Waals surface area contributed by atoms with Gasteiger partial charge in [-0.05, 0) is 25.7 Å². The molecule has 2 aliphatic heterocycles. The maximum absolute atomic E-state index is 12.1. The molecule has 3 atom stereocenters. The van der Waals surface area contributed by atoms with Gasteiger partial charge in [0.25, 0.3) is 0 Å². The second-order valence-corrected chi connectivity index (χ2v) is 8.14. The van der Waals surface area contributed by atoms with E-state index in [1.807, 2.05) is 0 Å². The van der Waals surface area contributed by atoms with Gasteiger partial charge in [-0.15, -0.1) is 0 Å². The van der Waals surface area contributed by atoms with E-state index in [9.17, 15) is 8.42 Å². The summed E-state index contributed by atoms with van der Waals surface area (Å²) in [5.41, 5.74) is 0. The summed E-state index contributed by atoms with van der Waals surface area (Å²) in [5.74, 6) is 2.21. The van der Waals surface area contributed by atoms with E-state index in [0.717, 1.165) is 0 Å². The summed E-state index contributed by atoms with van der Waals surface area (Å²) >= 11 is 0. The Morgan fingerprint density at radius 1 is 1.33 bits per heavy atom. The molecule has 0 unspecified atom stereocenters. The Balaban J connectivity index is 1.72. The monoisotopic (exact) mass is 315 g/mol. The van der Waals surface area contributed by atoms with Crippen LogP contribution in [0.5, 0.6) is 0 Å². The molecule has 0 saturated carbocycles. The van der Waals surface area contributed by atoms with Crippen LogP contribution < -0.4 is 0 Å². The van der Waals surface area contributed by atoms with E-state index in [-0.39, 0.29) is 17.6 Å². The summed E-state index contributed by atoms with van der Waals surface area (Å²) < 4.78 is 36.6. The number of hydrogen-bond donors (Lipinski definition) is 0. The van der Waals surface area contributed by atoms with Crippen LogP contribution >= 0.6 is 0 Å². The highest BCUT2D eigenvalue weighted by molar-refractivity contribution is 7.89. The maximum atomic E-state index is 12.1. The Kier molecular flexibility index (Phi) is 4.02. The molecule has 2 aliphatic rings. The summed E-state index contributed by atoms with van der Waals surface area (Å²) in [6.07, 6.45) is 0.655. The van der Waals surface area contributed by atoms with Crippen molar-refractivity contribution in [2.24, 2.45) is 17.8 Å². The predicted octanol–water partition coefficient (Wildman–Crippen LogP) is 0.465.